The fourth-order valence-electron chi connectivity index (χ4n) is 2.19. The van der Waals surface area contributed by atoms with Gasteiger partial charge in [-0.2, -0.15) is 0 Å². The summed E-state index contributed by atoms with van der Waals surface area (Å²) in [5, 5.41) is 0. The van der Waals surface area contributed by atoms with Crippen molar-refractivity contribution >= 4 is 58.3 Å². The first-order valence-corrected chi connectivity index (χ1v) is 8.95. The van der Waals surface area contributed by atoms with Gasteiger partial charge in [-0.25, -0.2) is 0 Å². The fourth-order valence-corrected chi connectivity index (χ4v) is 2.41. The standard InChI is InChI=1S/C15H22Cl4O4/c1-5-13(16,17)8-22-10(20)15(7-12(15,3)4)11(21)23-9-14(18,19)6-2/h5-9H2,1-4H3. The second-order valence-electron chi connectivity index (χ2n) is 6.54. The first-order chi connectivity index (χ1) is 10.3. The average molecular weight is 408 g/mol. The molecule has 1 rings (SSSR count). The zero-order chi connectivity index (χ0) is 18.1. The number of ether oxygens (including phenoxy) is 2. The van der Waals surface area contributed by atoms with Crippen LogP contribution in [0.15, 0.2) is 0 Å². The minimum atomic E-state index is -1.36. The minimum Gasteiger partial charge on any atom is -0.462 e. The fraction of sp³-hybridized carbons (Fsp3) is 0.867. The van der Waals surface area contributed by atoms with Crippen LogP contribution in [0.5, 0.6) is 0 Å². The van der Waals surface area contributed by atoms with Gasteiger partial charge in [0.1, 0.15) is 13.2 Å². The maximum atomic E-state index is 12.4. The van der Waals surface area contributed by atoms with Crippen molar-refractivity contribution in [2.45, 2.75) is 55.6 Å². The van der Waals surface area contributed by atoms with Crippen LogP contribution in [0.1, 0.15) is 47.0 Å². The molecule has 0 aromatic heterocycles. The third-order valence-electron chi connectivity index (χ3n) is 4.30. The lowest BCUT2D eigenvalue weighted by Gasteiger charge is -2.23. The summed E-state index contributed by atoms with van der Waals surface area (Å²) in [6.45, 7) is 6.73. The Morgan fingerprint density at radius 2 is 1.22 bits per heavy atom. The van der Waals surface area contributed by atoms with Crippen LogP contribution >= 0.6 is 46.4 Å². The molecule has 0 spiro atoms. The number of hydrogen-bond acceptors (Lipinski definition) is 4. The molecule has 8 heteroatoms. The number of rotatable bonds is 8. The molecular formula is C15H22Cl4O4. The van der Waals surface area contributed by atoms with E-state index in [1.165, 1.54) is 0 Å². The molecule has 1 aliphatic carbocycles. The van der Waals surface area contributed by atoms with Crippen molar-refractivity contribution < 1.29 is 19.1 Å². The molecule has 0 amide bonds. The average Bonchev–Trinajstić information content (AvgIpc) is 3.06. The lowest BCUT2D eigenvalue weighted by atomic mass is 9.96. The maximum Gasteiger partial charge on any atom is 0.324 e. The van der Waals surface area contributed by atoms with E-state index in [-0.39, 0.29) is 13.2 Å². The van der Waals surface area contributed by atoms with E-state index >= 15 is 0 Å². The zero-order valence-electron chi connectivity index (χ0n) is 13.7. The van der Waals surface area contributed by atoms with Crippen molar-refractivity contribution in [1.29, 1.82) is 0 Å². The molecule has 0 saturated heterocycles. The summed E-state index contributed by atoms with van der Waals surface area (Å²) < 4.78 is 7.99. The topological polar surface area (TPSA) is 52.6 Å². The third-order valence-corrected chi connectivity index (χ3v) is 5.80. The van der Waals surface area contributed by atoms with Gasteiger partial charge >= 0.3 is 11.9 Å². The van der Waals surface area contributed by atoms with Crippen LogP contribution in [0.2, 0.25) is 0 Å². The summed E-state index contributed by atoms with van der Waals surface area (Å²) in [5.41, 5.74) is -1.93. The van der Waals surface area contributed by atoms with Gasteiger partial charge in [0.05, 0.1) is 0 Å². The lowest BCUT2D eigenvalue weighted by molar-refractivity contribution is -0.167. The summed E-state index contributed by atoms with van der Waals surface area (Å²) in [7, 11) is 0. The molecule has 0 bridgehead atoms. The molecule has 23 heavy (non-hydrogen) atoms. The molecule has 0 unspecified atom stereocenters. The SMILES string of the molecule is CCC(Cl)(Cl)COC(=O)C1(C(=O)OCC(Cl)(Cl)CC)CC1(C)C. The summed E-state index contributed by atoms with van der Waals surface area (Å²) in [4.78, 5) is 24.9. The Bertz CT molecular complexity index is 442. The number of esters is 2. The van der Waals surface area contributed by atoms with Gasteiger partial charge < -0.3 is 9.47 Å². The van der Waals surface area contributed by atoms with Crippen LogP contribution in [0.4, 0.5) is 0 Å². The van der Waals surface area contributed by atoms with Gasteiger partial charge in [-0.05, 0) is 24.7 Å². The van der Waals surface area contributed by atoms with Crippen LogP contribution in [0.25, 0.3) is 0 Å². The molecule has 0 radical (unpaired) electrons. The summed E-state index contributed by atoms with van der Waals surface area (Å²) in [6, 6.07) is 0. The van der Waals surface area contributed by atoms with Crippen molar-refractivity contribution in [3.63, 3.8) is 0 Å². The molecular weight excluding hydrogens is 386 g/mol. The largest absolute Gasteiger partial charge is 0.462 e. The Kier molecular flexibility index (Phi) is 6.57. The molecule has 1 saturated carbocycles. The first-order valence-electron chi connectivity index (χ1n) is 7.44. The van der Waals surface area contributed by atoms with E-state index in [1.807, 2.05) is 0 Å². The highest BCUT2D eigenvalue weighted by molar-refractivity contribution is 6.49. The van der Waals surface area contributed by atoms with E-state index in [9.17, 15) is 9.59 Å². The van der Waals surface area contributed by atoms with Crippen LogP contribution in [0, 0.1) is 10.8 Å². The molecule has 0 aliphatic heterocycles. The summed E-state index contributed by atoms with van der Waals surface area (Å²) >= 11 is 23.9. The lowest BCUT2D eigenvalue weighted by Crippen LogP contribution is -2.37. The van der Waals surface area contributed by atoms with Gasteiger partial charge in [-0.1, -0.05) is 74.1 Å². The Morgan fingerprint density at radius 3 is 1.43 bits per heavy atom. The normalized spacial score (nSPS) is 19.1. The molecule has 0 atom stereocenters. The number of halogens is 4. The van der Waals surface area contributed by atoms with E-state index in [1.54, 1.807) is 27.7 Å². The quantitative estimate of drug-likeness (QED) is 0.333. The second-order valence-corrected chi connectivity index (χ2v) is 9.82. The highest BCUT2D eigenvalue weighted by Gasteiger charge is 2.74. The van der Waals surface area contributed by atoms with Crippen molar-refractivity contribution in [3.8, 4) is 0 Å². The monoisotopic (exact) mass is 406 g/mol. The van der Waals surface area contributed by atoms with Gasteiger partial charge in [-0.15, -0.1) is 0 Å². The van der Waals surface area contributed by atoms with Gasteiger partial charge in [0.15, 0.2) is 14.1 Å². The Labute approximate surface area is 157 Å². The van der Waals surface area contributed by atoms with Crippen LogP contribution < -0.4 is 0 Å². The Hall–Kier alpha value is 0.1000. The number of carbonyl (C=O) groups is 2. The van der Waals surface area contributed by atoms with Crippen molar-refractivity contribution in [3.05, 3.63) is 0 Å². The van der Waals surface area contributed by atoms with Gasteiger partial charge in [0.25, 0.3) is 0 Å². The van der Waals surface area contributed by atoms with Crippen molar-refractivity contribution in [2.24, 2.45) is 10.8 Å². The first kappa shape index (κ1) is 21.1. The smallest absolute Gasteiger partial charge is 0.324 e. The minimum absolute atomic E-state index is 0.194. The molecule has 0 heterocycles. The van der Waals surface area contributed by atoms with Gasteiger partial charge in [-0.3, -0.25) is 9.59 Å². The highest BCUT2D eigenvalue weighted by Crippen LogP contribution is 2.65. The maximum absolute atomic E-state index is 12.4. The van der Waals surface area contributed by atoms with Crippen molar-refractivity contribution in [2.75, 3.05) is 13.2 Å². The number of carbonyl (C=O) groups excluding carboxylic acids is 2. The molecule has 1 aliphatic rings. The number of hydrogen-bond donors (Lipinski definition) is 0. The number of alkyl halides is 4. The summed E-state index contributed by atoms with van der Waals surface area (Å²) in [6.07, 6.45) is 1.13. The predicted octanol–water partition coefficient (Wildman–Crippen LogP) is 4.66. The molecule has 134 valence electrons. The molecule has 0 aromatic carbocycles. The second kappa shape index (κ2) is 7.15. The van der Waals surface area contributed by atoms with Gasteiger partial charge in [0.2, 0.25) is 0 Å². The van der Waals surface area contributed by atoms with E-state index < -0.39 is 31.4 Å². The predicted molar refractivity (Wildman–Crippen MR) is 92.2 cm³/mol. The van der Waals surface area contributed by atoms with Gasteiger partial charge in [0, 0.05) is 0 Å². The van der Waals surface area contributed by atoms with E-state index in [0.717, 1.165) is 0 Å². The molecule has 0 aromatic rings. The van der Waals surface area contributed by atoms with E-state index in [2.05, 4.69) is 0 Å². The van der Waals surface area contributed by atoms with Crippen molar-refractivity contribution in [1.82, 2.24) is 0 Å². The third kappa shape index (κ3) is 4.81. The Balaban J connectivity index is 2.77. The van der Waals surface area contributed by atoms with E-state index in [0.29, 0.717) is 19.3 Å². The van der Waals surface area contributed by atoms with Crippen LogP contribution in [-0.2, 0) is 19.1 Å². The van der Waals surface area contributed by atoms with Crippen LogP contribution in [0.3, 0.4) is 0 Å². The van der Waals surface area contributed by atoms with Crippen LogP contribution in [-0.4, -0.2) is 33.8 Å². The van der Waals surface area contributed by atoms with E-state index in [4.69, 9.17) is 55.9 Å². The summed E-state index contributed by atoms with van der Waals surface area (Å²) in [5.74, 6) is -1.37. The highest BCUT2D eigenvalue weighted by atomic mass is 35.5. The molecule has 0 N–H and O–H groups in total. The zero-order valence-corrected chi connectivity index (χ0v) is 16.7. The molecule has 4 nitrogen and oxygen atoms in total. The molecule has 1 fully saturated rings. The Morgan fingerprint density at radius 1 is 0.913 bits per heavy atom.